The van der Waals surface area contributed by atoms with Crippen LogP contribution in [0.15, 0.2) is 60.7 Å². The molecule has 5 rings (SSSR count). The molecule has 0 aliphatic heterocycles. The molecule has 4 nitrogen and oxygen atoms in total. The van der Waals surface area contributed by atoms with Gasteiger partial charge in [0.2, 0.25) is 0 Å². The van der Waals surface area contributed by atoms with Crippen LogP contribution in [0.5, 0.6) is 5.75 Å². The summed E-state index contributed by atoms with van der Waals surface area (Å²) in [5.41, 5.74) is 6.45. The number of halogens is 1. The number of ether oxygens (including phenoxy) is 1. The monoisotopic (exact) mass is 507 g/mol. The molecule has 3 aromatic rings. The molecular formula is C30H34FNO3S. The second kappa shape index (κ2) is 12.8. The van der Waals surface area contributed by atoms with Gasteiger partial charge in [0, 0.05) is 17.8 Å². The SMILES string of the molecule is CSCCCOc1ccc2c(c1)CCCc1cc(F)c(CNc3ccccc3)cc1-2.O=C(O)C1CC1. The van der Waals surface area contributed by atoms with Crippen molar-refractivity contribution in [2.75, 3.05) is 23.9 Å². The third-order valence-corrected chi connectivity index (χ3v) is 7.17. The molecular weight excluding hydrogens is 473 g/mol. The van der Waals surface area contributed by atoms with Crippen molar-refractivity contribution in [3.8, 4) is 16.9 Å². The number of carbonyl (C=O) groups is 1. The highest BCUT2D eigenvalue weighted by atomic mass is 32.2. The first-order chi connectivity index (χ1) is 17.5. The summed E-state index contributed by atoms with van der Waals surface area (Å²) in [4.78, 5) is 9.76. The highest BCUT2D eigenvalue weighted by Gasteiger charge is 2.28. The van der Waals surface area contributed by atoms with Gasteiger partial charge in [-0.15, -0.1) is 0 Å². The number of thioether (sulfide) groups is 1. The number of nitrogens with one attached hydrogen (secondary N) is 1. The lowest BCUT2D eigenvalue weighted by Gasteiger charge is -2.15. The molecule has 6 heteroatoms. The summed E-state index contributed by atoms with van der Waals surface area (Å²) in [6.45, 7) is 1.21. The number of hydrogen-bond donors (Lipinski definition) is 2. The van der Waals surface area contributed by atoms with Crippen molar-refractivity contribution in [2.45, 2.75) is 45.1 Å². The van der Waals surface area contributed by atoms with Crippen LogP contribution in [0.3, 0.4) is 0 Å². The maximum absolute atomic E-state index is 14.8. The maximum Gasteiger partial charge on any atom is 0.306 e. The fraction of sp³-hybridized carbons (Fsp3) is 0.367. The van der Waals surface area contributed by atoms with Crippen molar-refractivity contribution in [3.63, 3.8) is 0 Å². The number of rotatable bonds is 9. The molecule has 0 radical (unpaired) electrons. The number of hydrogen-bond acceptors (Lipinski definition) is 4. The number of fused-ring (bicyclic) bond motifs is 3. The van der Waals surface area contributed by atoms with Crippen LogP contribution in [0.4, 0.5) is 10.1 Å². The quantitative estimate of drug-likeness (QED) is 0.300. The Labute approximate surface area is 217 Å². The normalized spacial score (nSPS) is 13.9. The molecule has 0 aromatic heterocycles. The fourth-order valence-corrected chi connectivity index (χ4v) is 4.73. The second-order valence-electron chi connectivity index (χ2n) is 9.30. The maximum atomic E-state index is 14.8. The molecule has 0 saturated heterocycles. The lowest BCUT2D eigenvalue weighted by molar-refractivity contribution is -0.138. The number of aryl methyl sites for hydroxylation is 2. The van der Waals surface area contributed by atoms with Crippen LogP contribution in [-0.4, -0.2) is 29.7 Å². The average Bonchev–Trinajstić information content (AvgIpc) is 3.74. The van der Waals surface area contributed by atoms with E-state index in [1.807, 2.05) is 48.2 Å². The molecule has 2 aliphatic rings. The largest absolute Gasteiger partial charge is 0.494 e. The number of aliphatic carboxylic acids is 1. The Morgan fingerprint density at radius 2 is 1.81 bits per heavy atom. The molecule has 0 spiro atoms. The molecule has 0 atom stereocenters. The van der Waals surface area contributed by atoms with Crippen molar-refractivity contribution in [1.29, 1.82) is 0 Å². The lowest BCUT2D eigenvalue weighted by atomic mass is 9.94. The fourth-order valence-electron chi connectivity index (χ4n) is 4.33. The predicted octanol–water partition coefficient (Wildman–Crippen LogP) is 7.21. The lowest BCUT2D eigenvalue weighted by Crippen LogP contribution is -2.04. The summed E-state index contributed by atoms with van der Waals surface area (Å²) in [6.07, 6.45) is 7.88. The van der Waals surface area contributed by atoms with Crippen molar-refractivity contribution in [2.24, 2.45) is 5.92 Å². The van der Waals surface area contributed by atoms with Crippen molar-refractivity contribution < 1.29 is 19.0 Å². The molecule has 190 valence electrons. The minimum Gasteiger partial charge on any atom is -0.494 e. The van der Waals surface area contributed by atoms with Gasteiger partial charge in [-0.3, -0.25) is 4.79 Å². The molecule has 3 aromatic carbocycles. The van der Waals surface area contributed by atoms with Gasteiger partial charge in [-0.1, -0.05) is 24.3 Å². The molecule has 0 amide bonds. The van der Waals surface area contributed by atoms with Crippen molar-refractivity contribution in [3.05, 3.63) is 83.2 Å². The molecule has 0 bridgehead atoms. The number of carboxylic acid groups (broad SMARTS) is 1. The number of anilines is 1. The van der Waals surface area contributed by atoms with Gasteiger partial charge in [0.15, 0.2) is 0 Å². The zero-order valence-corrected chi connectivity index (χ0v) is 21.6. The van der Waals surface area contributed by atoms with Gasteiger partial charge >= 0.3 is 5.97 Å². The van der Waals surface area contributed by atoms with E-state index in [1.54, 1.807) is 6.07 Å². The zero-order valence-electron chi connectivity index (χ0n) is 20.8. The number of benzene rings is 3. The van der Waals surface area contributed by atoms with Gasteiger partial charge in [0.25, 0.3) is 0 Å². The molecule has 0 heterocycles. The summed E-state index contributed by atoms with van der Waals surface area (Å²) in [5.74, 6) is 1.31. The Kier molecular flexibility index (Phi) is 9.29. The van der Waals surface area contributed by atoms with E-state index in [4.69, 9.17) is 9.84 Å². The Hall–Kier alpha value is -2.99. The van der Waals surface area contributed by atoms with Gasteiger partial charge < -0.3 is 15.2 Å². The Balaban J connectivity index is 0.000000445. The topological polar surface area (TPSA) is 58.6 Å². The Bertz CT molecular complexity index is 1160. The van der Waals surface area contributed by atoms with Gasteiger partial charge in [0.1, 0.15) is 11.6 Å². The summed E-state index contributed by atoms with van der Waals surface area (Å²) in [5, 5.41) is 11.4. The smallest absolute Gasteiger partial charge is 0.306 e. The average molecular weight is 508 g/mol. The molecule has 1 fully saturated rings. The highest BCUT2D eigenvalue weighted by molar-refractivity contribution is 7.98. The van der Waals surface area contributed by atoms with E-state index in [9.17, 15) is 9.18 Å². The second-order valence-corrected chi connectivity index (χ2v) is 10.3. The van der Waals surface area contributed by atoms with Gasteiger partial charge in [-0.2, -0.15) is 11.8 Å². The number of carboxylic acids is 1. The van der Waals surface area contributed by atoms with Gasteiger partial charge in [-0.25, -0.2) is 4.39 Å². The predicted molar refractivity (Wildman–Crippen MR) is 146 cm³/mol. The standard InChI is InChI=1S/C26H28FNOS.C4H6O2/c1-30-14-6-13-29-23-11-12-24-19(15-23)7-5-8-20-17-26(27)21(16-25(20)24)18-28-22-9-3-2-4-10-22;5-4(6)3-1-2-3/h2-4,9-12,15-17,28H,5-8,13-14,18H2,1H3;3H,1-2H2,(H,5,6). The molecule has 1 saturated carbocycles. The summed E-state index contributed by atoms with van der Waals surface area (Å²) in [7, 11) is 0. The van der Waals surface area contributed by atoms with Crippen molar-refractivity contribution in [1.82, 2.24) is 0 Å². The van der Waals surface area contributed by atoms with Crippen LogP contribution < -0.4 is 10.1 Å². The highest BCUT2D eigenvalue weighted by Crippen LogP contribution is 2.36. The van der Waals surface area contributed by atoms with Crippen LogP contribution in [0.1, 0.15) is 42.4 Å². The first-order valence-electron chi connectivity index (χ1n) is 12.6. The van der Waals surface area contributed by atoms with E-state index >= 15 is 0 Å². The Morgan fingerprint density at radius 3 is 2.47 bits per heavy atom. The third-order valence-electron chi connectivity index (χ3n) is 6.48. The van der Waals surface area contributed by atoms with Crippen molar-refractivity contribution >= 4 is 23.4 Å². The summed E-state index contributed by atoms with van der Waals surface area (Å²) in [6, 6.07) is 20.1. The minimum atomic E-state index is -0.630. The third kappa shape index (κ3) is 7.26. The van der Waals surface area contributed by atoms with Crippen LogP contribution in [0.2, 0.25) is 0 Å². The van der Waals surface area contributed by atoms with E-state index in [0.29, 0.717) is 12.1 Å². The molecule has 0 unspecified atom stereocenters. The zero-order chi connectivity index (χ0) is 25.3. The Morgan fingerprint density at radius 1 is 1.06 bits per heavy atom. The first kappa shape index (κ1) is 26.1. The molecule has 2 N–H and O–H groups in total. The van der Waals surface area contributed by atoms with Crippen LogP contribution in [-0.2, 0) is 24.2 Å². The van der Waals surface area contributed by atoms with Gasteiger partial charge in [0.05, 0.1) is 12.5 Å². The number of para-hydroxylation sites is 1. The van der Waals surface area contributed by atoms with E-state index < -0.39 is 5.97 Å². The first-order valence-corrected chi connectivity index (χ1v) is 14.0. The van der Waals surface area contributed by atoms with Crippen LogP contribution in [0.25, 0.3) is 11.1 Å². The summed E-state index contributed by atoms with van der Waals surface area (Å²) >= 11 is 1.84. The van der Waals surface area contributed by atoms with Crippen LogP contribution in [0, 0.1) is 11.7 Å². The molecule has 36 heavy (non-hydrogen) atoms. The van der Waals surface area contributed by atoms with Gasteiger partial charge in [-0.05, 0) is 109 Å². The van der Waals surface area contributed by atoms with E-state index in [1.165, 1.54) is 11.1 Å². The van der Waals surface area contributed by atoms with E-state index in [2.05, 4.69) is 29.8 Å². The van der Waals surface area contributed by atoms with Crippen LogP contribution >= 0.6 is 11.8 Å². The molecule has 2 aliphatic carbocycles. The van der Waals surface area contributed by atoms with E-state index in [0.717, 1.165) is 73.4 Å². The van der Waals surface area contributed by atoms with E-state index in [-0.39, 0.29) is 11.7 Å². The summed E-state index contributed by atoms with van der Waals surface area (Å²) < 4.78 is 20.7. The minimum absolute atomic E-state index is 0.0185.